The first-order chi connectivity index (χ1) is 9.36. The number of sulfonamides is 1. The van der Waals surface area contributed by atoms with E-state index in [-0.39, 0.29) is 23.7 Å². The zero-order valence-corrected chi connectivity index (χ0v) is 12.4. The summed E-state index contributed by atoms with van der Waals surface area (Å²) in [4.78, 5) is 22.2. The molecule has 0 aliphatic heterocycles. The van der Waals surface area contributed by atoms with Crippen molar-refractivity contribution in [3.05, 3.63) is 17.5 Å². The molecule has 1 atom stereocenters. The largest absolute Gasteiger partial charge is 0.480 e. The van der Waals surface area contributed by atoms with Crippen LogP contribution in [0.25, 0.3) is 0 Å². The van der Waals surface area contributed by atoms with E-state index in [1.807, 2.05) is 0 Å². The van der Waals surface area contributed by atoms with Crippen molar-refractivity contribution in [2.45, 2.75) is 30.0 Å². The SMILES string of the molecule is CCOC(=O)CC[C@H](NS(=O)(=O)c1cccs1)C(=O)O. The van der Waals surface area contributed by atoms with Gasteiger partial charge >= 0.3 is 11.9 Å². The maximum absolute atomic E-state index is 11.9. The fourth-order valence-corrected chi connectivity index (χ4v) is 3.62. The van der Waals surface area contributed by atoms with Crippen LogP contribution < -0.4 is 4.72 Å². The van der Waals surface area contributed by atoms with Gasteiger partial charge in [-0.1, -0.05) is 6.07 Å². The predicted molar refractivity (Wildman–Crippen MR) is 71.9 cm³/mol. The summed E-state index contributed by atoms with van der Waals surface area (Å²) in [5, 5.41) is 10.6. The van der Waals surface area contributed by atoms with E-state index in [9.17, 15) is 18.0 Å². The molecule has 0 amide bonds. The van der Waals surface area contributed by atoms with E-state index in [0.29, 0.717) is 0 Å². The molecule has 2 N–H and O–H groups in total. The Kier molecular flexibility index (Phi) is 6.11. The lowest BCUT2D eigenvalue weighted by Crippen LogP contribution is -2.40. The Morgan fingerprint density at radius 3 is 2.70 bits per heavy atom. The lowest BCUT2D eigenvalue weighted by Gasteiger charge is -2.13. The van der Waals surface area contributed by atoms with Gasteiger partial charge in [-0.2, -0.15) is 4.72 Å². The molecule has 0 saturated heterocycles. The molecule has 0 aromatic carbocycles. The average Bonchev–Trinajstić information content (AvgIpc) is 2.89. The zero-order valence-electron chi connectivity index (χ0n) is 10.7. The molecule has 9 heteroatoms. The van der Waals surface area contributed by atoms with E-state index in [1.165, 1.54) is 6.07 Å². The third kappa shape index (κ3) is 4.91. The lowest BCUT2D eigenvalue weighted by atomic mass is 10.2. The molecule has 0 aliphatic rings. The third-order valence-electron chi connectivity index (χ3n) is 2.30. The number of carboxylic acids is 1. The standard InChI is InChI=1S/C11H15NO6S2/c1-2-18-9(13)6-5-8(11(14)15)12-20(16,17)10-4-3-7-19-10/h3-4,7-8,12H,2,5-6H2,1H3,(H,14,15)/t8-/m0/s1. The number of carboxylic acid groups (broad SMARTS) is 1. The maximum atomic E-state index is 11.9. The highest BCUT2D eigenvalue weighted by atomic mass is 32.2. The van der Waals surface area contributed by atoms with Gasteiger partial charge in [0.15, 0.2) is 0 Å². The molecule has 1 aromatic rings. The van der Waals surface area contributed by atoms with Crippen molar-refractivity contribution in [3.8, 4) is 0 Å². The van der Waals surface area contributed by atoms with Crippen LogP contribution in [0.15, 0.2) is 21.7 Å². The van der Waals surface area contributed by atoms with Gasteiger partial charge in [-0.25, -0.2) is 8.42 Å². The van der Waals surface area contributed by atoms with E-state index in [0.717, 1.165) is 11.3 Å². The molecule has 7 nitrogen and oxygen atoms in total. The summed E-state index contributed by atoms with van der Waals surface area (Å²) in [5.74, 6) is -1.90. The first-order valence-electron chi connectivity index (χ1n) is 5.81. The molecule has 0 radical (unpaired) electrons. The van der Waals surface area contributed by atoms with Crippen LogP contribution in [0, 0.1) is 0 Å². The smallest absolute Gasteiger partial charge is 0.321 e. The molecular weight excluding hydrogens is 306 g/mol. The summed E-state index contributed by atoms with van der Waals surface area (Å²) in [6.45, 7) is 1.82. The van der Waals surface area contributed by atoms with Crippen LogP contribution in [0.1, 0.15) is 19.8 Å². The summed E-state index contributed by atoms with van der Waals surface area (Å²) in [6.07, 6.45) is -0.337. The van der Waals surface area contributed by atoms with E-state index < -0.39 is 28.0 Å². The van der Waals surface area contributed by atoms with Gasteiger partial charge in [0.1, 0.15) is 10.3 Å². The van der Waals surface area contributed by atoms with Crippen molar-refractivity contribution in [1.82, 2.24) is 4.72 Å². The van der Waals surface area contributed by atoms with Crippen LogP contribution in [0.4, 0.5) is 0 Å². The predicted octanol–water partition coefficient (Wildman–Crippen LogP) is 0.823. The molecule has 0 unspecified atom stereocenters. The number of hydrogen-bond donors (Lipinski definition) is 2. The minimum Gasteiger partial charge on any atom is -0.480 e. The normalized spacial score (nSPS) is 12.8. The summed E-state index contributed by atoms with van der Waals surface area (Å²) >= 11 is 0.981. The molecule has 0 bridgehead atoms. The Balaban J connectivity index is 2.69. The van der Waals surface area contributed by atoms with Crippen LogP contribution in [0.3, 0.4) is 0 Å². The fourth-order valence-electron chi connectivity index (χ4n) is 1.39. The lowest BCUT2D eigenvalue weighted by molar-refractivity contribution is -0.144. The number of aliphatic carboxylic acids is 1. The van der Waals surface area contributed by atoms with Crippen LogP contribution in [0.2, 0.25) is 0 Å². The summed E-state index contributed by atoms with van der Waals surface area (Å²) in [5.41, 5.74) is 0. The number of carbonyl (C=O) groups excluding carboxylic acids is 1. The Hall–Kier alpha value is -1.45. The molecule has 0 aliphatic carbocycles. The van der Waals surface area contributed by atoms with Gasteiger partial charge in [0.2, 0.25) is 0 Å². The monoisotopic (exact) mass is 321 g/mol. The molecule has 1 rings (SSSR count). The van der Waals surface area contributed by atoms with Gasteiger partial charge in [0, 0.05) is 6.42 Å². The molecule has 1 heterocycles. The van der Waals surface area contributed by atoms with E-state index in [1.54, 1.807) is 18.4 Å². The summed E-state index contributed by atoms with van der Waals surface area (Å²) in [7, 11) is -3.89. The van der Waals surface area contributed by atoms with Crippen LogP contribution in [-0.2, 0) is 24.3 Å². The highest BCUT2D eigenvalue weighted by Gasteiger charge is 2.26. The van der Waals surface area contributed by atoms with E-state index in [2.05, 4.69) is 9.46 Å². The molecule has 0 fully saturated rings. The van der Waals surface area contributed by atoms with Gasteiger partial charge in [-0.05, 0) is 24.8 Å². The van der Waals surface area contributed by atoms with Crippen molar-refractivity contribution in [1.29, 1.82) is 0 Å². The van der Waals surface area contributed by atoms with Crippen molar-refractivity contribution < 1.29 is 27.9 Å². The highest BCUT2D eigenvalue weighted by Crippen LogP contribution is 2.16. The van der Waals surface area contributed by atoms with Crippen LogP contribution in [0.5, 0.6) is 0 Å². The second-order valence-corrected chi connectivity index (χ2v) is 6.68. The third-order valence-corrected chi connectivity index (χ3v) is 5.17. The van der Waals surface area contributed by atoms with Gasteiger partial charge in [-0.15, -0.1) is 11.3 Å². The number of hydrogen-bond acceptors (Lipinski definition) is 6. The number of thiophene rings is 1. The Labute approximate surface area is 120 Å². The first kappa shape index (κ1) is 16.6. The maximum Gasteiger partial charge on any atom is 0.321 e. The van der Waals surface area contributed by atoms with E-state index >= 15 is 0 Å². The second kappa shape index (κ2) is 7.36. The number of rotatable bonds is 8. The van der Waals surface area contributed by atoms with Gasteiger partial charge in [-0.3, -0.25) is 9.59 Å². The quantitative estimate of drug-likeness (QED) is 0.686. The molecule has 0 saturated carbocycles. The van der Waals surface area contributed by atoms with Gasteiger partial charge in [0.25, 0.3) is 10.0 Å². The molecule has 112 valence electrons. The van der Waals surface area contributed by atoms with Crippen molar-refractivity contribution in [2.75, 3.05) is 6.61 Å². The van der Waals surface area contributed by atoms with Crippen molar-refractivity contribution in [3.63, 3.8) is 0 Å². The fraction of sp³-hybridized carbons (Fsp3) is 0.455. The molecular formula is C11H15NO6S2. The zero-order chi connectivity index (χ0) is 15.2. The van der Waals surface area contributed by atoms with Gasteiger partial charge in [0.05, 0.1) is 6.61 Å². The topological polar surface area (TPSA) is 110 Å². The van der Waals surface area contributed by atoms with E-state index in [4.69, 9.17) is 5.11 Å². The molecule has 20 heavy (non-hydrogen) atoms. The molecule has 0 spiro atoms. The van der Waals surface area contributed by atoms with Crippen molar-refractivity contribution in [2.24, 2.45) is 0 Å². The van der Waals surface area contributed by atoms with Gasteiger partial charge < -0.3 is 9.84 Å². The summed E-state index contributed by atoms with van der Waals surface area (Å²) in [6, 6.07) is 1.55. The number of carbonyl (C=O) groups is 2. The van der Waals surface area contributed by atoms with Crippen LogP contribution in [-0.4, -0.2) is 38.1 Å². The number of esters is 1. The Morgan fingerprint density at radius 2 is 2.20 bits per heavy atom. The Bertz CT molecular complexity index is 551. The van der Waals surface area contributed by atoms with Crippen molar-refractivity contribution >= 4 is 33.3 Å². The molecule has 1 aromatic heterocycles. The number of nitrogens with one attached hydrogen (secondary N) is 1. The first-order valence-corrected chi connectivity index (χ1v) is 8.17. The van der Waals surface area contributed by atoms with Crippen LogP contribution >= 0.6 is 11.3 Å². The second-order valence-electron chi connectivity index (χ2n) is 3.79. The average molecular weight is 321 g/mol. The number of ether oxygens (including phenoxy) is 1. The highest BCUT2D eigenvalue weighted by molar-refractivity contribution is 7.91. The summed E-state index contributed by atoms with van der Waals surface area (Å²) < 4.78 is 30.6. The Morgan fingerprint density at radius 1 is 1.50 bits per heavy atom. The minimum atomic E-state index is -3.89. The minimum absolute atomic E-state index is 0.0277.